The average molecular weight is 310 g/mol. The lowest BCUT2D eigenvalue weighted by Crippen LogP contribution is -2.33. The summed E-state index contributed by atoms with van der Waals surface area (Å²) >= 11 is 0. The molecular weight excluding hydrogens is 288 g/mol. The summed E-state index contributed by atoms with van der Waals surface area (Å²) in [6, 6.07) is 8.10. The molecule has 0 radical (unpaired) electrons. The minimum absolute atomic E-state index is 0.168. The highest BCUT2D eigenvalue weighted by atomic mass is 16.5. The number of hydrogen-bond donors (Lipinski definition) is 3. The summed E-state index contributed by atoms with van der Waals surface area (Å²) in [5.41, 5.74) is 9.68. The average Bonchev–Trinajstić information content (AvgIpc) is 2.42. The third kappa shape index (κ3) is 3.99. The first-order chi connectivity index (χ1) is 10.7. The van der Waals surface area contributed by atoms with E-state index in [0.29, 0.717) is 5.57 Å². The fraction of sp³-hybridized carbons (Fsp3) is 0.333. The molecule has 1 aromatic carbocycles. The molecule has 1 heterocycles. The number of nitrogens with one attached hydrogen (secondary N) is 2. The van der Waals surface area contributed by atoms with E-state index in [1.165, 1.54) is 0 Å². The monoisotopic (exact) mass is 310 g/mol. The molecule has 1 aromatic rings. The Morgan fingerprint density at radius 2 is 1.91 bits per heavy atom. The number of nitrogens with zero attached hydrogens (tertiary/aromatic N) is 1. The molecule has 0 amide bonds. The molecule has 0 fully saturated rings. The lowest BCUT2D eigenvalue weighted by atomic mass is 9.93. The van der Waals surface area contributed by atoms with Gasteiger partial charge in [0.05, 0.1) is 17.9 Å². The second-order valence-electron chi connectivity index (χ2n) is 6.33. The number of nitriles is 1. The molecule has 5 nitrogen and oxygen atoms in total. The van der Waals surface area contributed by atoms with Crippen LogP contribution in [0.3, 0.4) is 0 Å². The Labute approximate surface area is 137 Å². The Kier molecular flexibility index (Phi) is 4.57. The Hall–Kier alpha value is -2.58. The molecule has 5 heteroatoms. The van der Waals surface area contributed by atoms with Gasteiger partial charge in [0.25, 0.3) is 0 Å². The van der Waals surface area contributed by atoms with E-state index in [0.717, 1.165) is 16.8 Å². The maximum Gasteiger partial charge on any atom is 0.119 e. The van der Waals surface area contributed by atoms with Crippen molar-refractivity contribution in [2.45, 2.75) is 33.3 Å². The second kappa shape index (κ2) is 6.27. The predicted octanol–water partition coefficient (Wildman–Crippen LogP) is 3.16. The molecule has 23 heavy (non-hydrogen) atoms. The van der Waals surface area contributed by atoms with Crippen molar-refractivity contribution >= 4 is 11.4 Å². The molecule has 120 valence electrons. The van der Waals surface area contributed by atoms with Crippen LogP contribution < -0.4 is 11.1 Å². The zero-order chi connectivity index (χ0) is 17.2. The van der Waals surface area contributed by atoms with Gasteiger partial charge in [-0.3, -0.25) is 0 Å². The number of anilines is 1. The van der Waals surface area contributed by atoms with Crippen molar-refractivity contribution in [3.63, 3.8) is 0 Å². The first-order valence-corrected chi connectivity index (χ1v) is 7.42. The van der Waals surface area contributed by atoms with Crippen molar-refractivity contribution in [3.05, 3.63) is 52.4 Å². The highest BCUT2D eigenvalue weighted by molar-refractivity contribution is 6.04. The molecule has 1 aliphatic rings. The van der Waals surface area contributed by atoms with Crippen molar-refractivity contribution in [1.82, 2.24) is 0 Å². The summed E-state index contributed by atoms with van der Waals surface area (Å²) in [5.74, 6) is 0.242. The van der Waals surface area contributed by atoms with Gasteiger partial charge in [-0.2, -0.15) is 5.26 Å². The van der Waals surface area contributed by atoms with Crippen LogP contribution in [-0.2, 0) is 4.74 Å². The van der Waals surface area contributed by atoms with Crippen LogP contribution in [0.5, 0.6) is 0 Å². The van der Waals surface area contributed by atoms with E-state index in [9.17, 15) is 5.26 Å². The molecule has 4 N–H and O–H groups in total. The van der Waals surface area contributed by atoms with E-state index in [4.69, 9.17) is 15.9 Å². The highest BCUT2D eigenvalue weighted by Crippen LogP contribution is 2.26. The van der Waals surface area contributed by atoms with Gasteiger partial charge in [0.2, 0.25) is 0 Å². The minimum Gasteiger partial charge on any atom is -0.384 e. The molecule has 0 unspecified atom stereocenters. The minimum atomic E-state index is -0.526. The lowest BCUT2D eigenvalue weighted by molar-refractivity contribution is 0.0409. The maximum absolute atomic E-state index is 9.52. The van der Waals surface area contributed by atoms with Gasteiger partial charge >= 0.3 is 0 Å². The molecule has 0 spiro atoms. The van der Waals surface area contributed by atoms with Gasteiger partial charge in [-0.15, -0.1) is 0 Å². The number of benzene rings is 1. The summed E-state index contributed by atoms with van der Waals surface area (Å²) < 4.78 is 5.54. The van der Waals surface area contributed by atoms with Crippen molar-refractivity contribution in [2.24, 2.45) is 5.73 Å². The molecule has 1 aliphatic heterocycles. The second-order valence-corrected chi connectivity index (χ2v) is 6.33. The number of allylic oxidation sites excluding steroid dienone is 1. The summed E-state index contributed by atoms with van der Waals surface area (Å²) in [6.07, 6.45) is 1.77. The Morgan fingerprint density at radius 3 is 2.48 bits per heavy atom. The summed E-state index contributed by atoms with van der Waals surface area (Å²) in [4.78, 5) is 0. The highest BCUT2D eigenvalue weighted by Gasteiger charge is 2.27. The third-order valence-corrected chi connectivity index (χ3v) is 3.56. The van der Waals surface area contributed by atoms with E-state index in [-0.39, 0.29) is 23.7 Å². The first kappa shape index (κ1) is 16.8. The van der Waals surface area contributed by atoms with Crippen LogP contribution in [-0.4, -0.2) is 17.9 Å². The molecule has 0 aliphatic carbocycles. The van der Waals surface area contributed by atoms with Crippen LogP contribution in [0.15, 0.2) is 41.2 Å². The molecular formula is C18H22N4O. The van der Waals surface area contributed by atoms with Crippen LogP contribution in [0.25, 0.3) is 0 Å². The van der Waals surface area contributed by atoms with Crippen molar-refractivity contribution in [2.75, 3.05) is 11.9 Å². The van der Waals surface area contributed by atoms with Crippen molar-refractivity contribution in [3.8, 4) is 6.07 Å². The van der Waals surface area contributed by atoms with E-state index < -0.39 is 5.60 Å². The standard InChI is InChI=1S/C18H22N4O/c1-11-5-12(2)7-13(6-11)22-17(21)15(9-19)14-8-18(3,4)23-10-16(14)20/h5-8,20,22H,10,21H2,1-4H3/b17-15-,20-16?. The quantitative estimate of drug-likeness (QED) is 0.747. The van der Waals surface area contributed by atoms with Gasteiger partial charge in [0, 0.05) is 11.3 Å². The SMILES string of the molecule is Cc1cc(C)cc(N/C(N)=C(/C#N)C2=CC(C)(C)OCC2=N)c1. The summed E-state index contributed by atoms with van der Waals surface area (Å²) in [5, 5.41) is 20.6. The molecule has 0 aromatic heterocycles. The molecule has 0 saturated heterocycles. The van der Waals surface area contributed by atoms with E-state index in [1.54, 1.807) is 6.08 Å². The van der Waals surface area contributed by atoms with Crippen LogP contribution in [0, 0.1) is 30.6 Å². The number of nitrogens with two attached hydrogens (primary N) is 1. The third-order valence-electron chi connectivity index (χ3n) is 3.56. The Bertz CT molecular complexity index is 731. The number of hydrogen-bond acceptors (Lipinski definition) is 5. The topological polar surface area (TPSA) is 94.9 Å². The summed E-state index contributed by atoms with van der Waals surface area (Å²) in [6.45, 7) is 7.95. The number of aryl methyl sites for hydroxylation is 2. The van der Waals surface area contributed by atoms with Crippen molar-refractivity contribution < 1.29 is 4.74 Å². The van der Waals surface area contributed by atoms with E-state index in [1.807, 2.05) is 39.8 Å². The van der Waals surface area contributed by atoms with Gasteiger partial charge in [-0.25, -0.2) is 0 Å². The Morgan fingerprint density at radius 1 is 1.30 bits per heavy atom. The normalized spacial score (nSPS) is 17.9. The molecule has 0 bridgehead atoms. The maximum atomic E-state index is 9.52. The number of rotatable bonds is 3. The smallest absolute Gasteiger partial charge is 0.119 e. The van der Waals surface area contributed by atoms with Gasteiger partial charge in [0.1, 0.15) is 17.5 Å². The van der Waals surface area contributed by atoms with E-state index >= 15 is 0 Å². The lowest BCUT2D eigenvalue weighted by Gasteiger charge is -2.28. The fourth-order valence-corrected chi connectivity index (χ4v) is 2.57. The van der Waals surface area contributed by atoms with Crippen LogP contribution in [0.1, 0.15) is 25.0 Å². The van der Waals surface area contributed by atoms with Crippen LogP contribution >= 0.6 is 0 Å². The fourth-order valence-electron chi connectivity index (χ4n) is 2.57. The van der Waals surface area contributed by atoms with Crippen molar-refractivity contribution in [1.29, 1.82) is 10.7 Å². The predicted molar refractivity (Wildman–Crippen MR) is 92.2 cm³/mol. The zero-order valence-corrected chi connectivity index (χ0v) is 13.9. The largest absolute Gasteiger partial charge is 0.384 e. The van der Waals surface area contributed by atoms with Gasteiger partial charge in [-0.1, -0.05) is 6.07 Å². The summed E-state index contributed by atoms with van der Waals surface area (Å²) in [7, 11) is 0. The molecule has 0 atom stereocenters. The van der Waals surface area contributed by atoms with Gasteiger partial charge < -0.3 is 21.2 Å². The zero-order valence-electron chi connectivity index (χ0n) is 13.9. The van der Waals surface area contributed by atoms with Crippen LogP contribution in [0.2, 0.25) is 0 Å². The Balaban J connectivity index is 2.42. The van der Waals surface area contributed by atoms with Gasteiger partial charge in [-0.05, 0) is 57.0 Å². The molecule has 0 saturated carbocycles. The van der Waals surface area contributed by atoms with E-state index in [2.05, 4.69) is 17.5 Å². The number of ether oxygens (including phenoxy) is 1. The first-order valence-electron chi connectivity index (χ1n) is 7.42. The van der Waals surface area contributed by atoms with Gasteiger partial charge in [0.15, 0.2) is 0 Å². The van der Waals surface area contributed by atoms with Crippen LogP contribution in [0.4, 0.5) is 5.69 Å². The molecule has 2 rings (SSSR count).